The Balaban J connectivity index is 2.67. The molecular weight excluding hydrogens is 216 g/mol. The number of nitrogen functional groups attached to an aromatic ring is 1. The van der Waals surface area contributed by atoms with Crippen LogP contribution in [0.5, 0.6) is 0 Å². The van der Waals surface area contributed by atoms with Crippen LogP contribution in [-0.2, 0) is 0 Å². The SMILES string of the molecule is N#CCN(CC#N)CC(O)c1cccc(N)c1. The van der Waals surface area contributed by atoms with Gasteiger partial charge in [0.1, 0.15) is 0 Å². The number of rotatable bonds is 5. The number of nitrogens with zero attached hydrogens (tertiary/aromatic N) is 3. The van der Waals surface area contributed by atoms with Crippen molar-refractivity contribution in [1.29, 1.82) is 10.5 Å². The highest BCUT2D eigenvalue weighted by Gasteiger charge is 2.13. The molecule has 0 aliphatic carbocycles. The molecular formula is C12H14N4O. The first kappa shape index (κ1) is 13.0. The molecule has 88 valence electrons. The Morgan fingerprint density at radius 2 is 1.94 bits per heavy atom. The molecule has 0 fully saturated rings. The maximum atomic E-state index is 9.95. The summed E-state index contributed by atoms with van der Waals surface area (Å²) in [6.07, 6.45) is -0.750. The fourth-order valence-corrected chi connectivity index (χ4v) is 1.50. The van der Waals surface area contributed by atoms with Crippen molar-refractivity contribution in [2.45, 2.75) is 6.10 Å². The molecule has 0 radical (unpaired) electrons. The Morgan fingerprint density at radius 1 is 1.29 bits per heavy atom. The first-order chi connectivity index (χ1) is 8.17. The molecule has 1 unspecified atom stereocenters. The van der Waals surface area contributed by atoms with Gasteiger partial charge in [0.15, 0.2) is 0 Å². The quantitative estimate of drug-likeness (QED) is 0.571. The van der Waals surface area contributed by atoms with E-state index in [1.54, 1.807) is 29.2 Å². The molecule has 1 atom stereocenters. The van der Waals surface area contributed by atoms with Gasteiger partial charge in [-0.25, -0.2) is 0 Å². The van der Waals surface area contributed by atoms with Crippen LogP contribution in [0.1, 0.15) is 11.7 Å². The van der Waals surface area contributed by atoms with Crippen molar-refractivity contribution < 1.29 is 5.11 Å². The zero-order chi connectivity index (χ0) is 12.7. The number of aliphatic hydroxyl groups is 1. The molecule has 0 heterocycles. The number of hydrogen-bond acceptors (Lipinski definition) is 5. The lowest BCUT2D eigenvalue weighted by Gasteiger charge is -2.20. The average molecular weight is 230 g/mol. The largest absolute Gasteiger partial charge is 0.399 e. The molecule has 0 aliphatic rings. The molecule has 0 spiro atoms. The smallest absolute Gasteiger partial charge is 0.0918 e. The predicted molar refractivity (Wildman–Crippen MR) is 63.5 cm³/mol. The third-order valence-electron chi connectivity index (χ3n) is 2.32. The number of hydrogen-bond donors (Lipinski definition) is 2. The van der Waals surface area contributed by atoms with Gasteiger partial charge in [0.2, 0.25) is 0 Å². The maximum absolute atomic E-state index is 9.95. The standard InChI is InChI=1S/C12H14N4O/c13-4-6-16(7-5-14)9-12(17)10-2-1-3-11(15)8-10/h1-3,8,12,17H,6-7,9,15H2. The molecule has 1 rings (SSSR count). The van der Waals surface area contributed by atoms with Crippen molar-refractivity contribution in [3.8, 4) is 12.1 Å². The summed E-state index contributed by atoms with van der Waals surface area (Å²) in [6.45, 7) is 0.477. The summed E-state index contributed by atoms with van der Waals surface area (Å²) in [5, 5.41) is 27.1. The van der Waals surface area contributed by atoms with E-state index in [0.29, 0.717) is 11.3 Å². The topological polar surface area (TPSA) is 97.1 Å². The summed E-state index contributed by atoms with van der Waals surface area (Å²) in [5.41, 5.74) is 6.88. The van der Waals surface area contributed by atoms with Crippen LogP contribution in [-0.4, -0.2) is 29.6 Å². The Hall–Kier alpha value is -2.08. The minimum atomic E-state index is -0.750. The third-order valence-corrected chi connectivity index (χ3v) is 2.32. The van der Waals surface area contributed by atoms with Crippen LogP contribution in [0, 0.1) is 22.7 Å². The third kappa shape index (κ3) is 4.12. The van der Waals surface area contributed by atoms with Gasteiger partial charge >= 0.3 is 0 Å². The van der Waals surface area contributed by atoms with E-state index >= 15 is 0 Å². The number of aliphatic hydroxyl groups excluding tert-OH is 1. The summed E-state index contributed by atoms with van der Waals surface area (Å²) in [6, 6.07) is 10.9. The Morgan fingerprint density at radius 3 is 2.47 bits per heavy atom. The summed E-state index contributed by atoms with van der Waals surface area (Å²) in [5.74, 6) is 0. The lowest BCUT2D eigenvalue weighted by Crippen LogP contribution is -2.29. The molecule has 1 aromatic carbocycles. The molecule has 5 heteroatoms. The first-order valence-electron chi connectivity index (χ1n) is 5.17. The normalized spacial score (nSPS) is 11.8. The van der Waals surface area contributed by atoms with Gasteiger partial charge < -0.3 is 10.8 Å². The minimum Gasteiger partial charge on any atom is -0.399 e. The van der Waals surface area contributed by atoms with E-state index in [0.717, 1.165) is 0 Å². The van der Waals surface area contributed by atoms with Gasteiger partial charge in [-0.2, -0.15) is 10.5 Å². The van der Waals surface area contributed by atoms with Crippen LogP contribution >= 0.6 is 0 Å². The van der Waals surface area contributed by atoms with E-state index in [9.17, 15) is 5.11 Å². The predicted octanol–water partition coefficient (Wildman–Crippen LogP) is 0.651. The van der Waals surface area contributed by atoms with Crippen molar-refractivity contribution in [3.63, 3.8) is 0 Å². The molecule has 3 N–H and O–H groups in total. The van der Waals surface area contributed by atoms with Crippen molar-refractivity contribution in [3.05, 3.63) is 29.8 Å². The Labute approximate surface area is 100 Å². The molecule has 0 saturated heterocycles. The van der Waals surface area contributed by atoms with Crippen LogP contribution in [0.2, 0.25) is 0 Å². The molecule has 0 saturated carbocycles. The van der Waals surface area contributed by atoms with Crippen LogP contribution in [0.4, 0.5) is 5.69 Å². The Bertz CT molecular complexity index is 431. The van der Waals surface area contributed by atoms with E-state index in [2.05, 4.69) is 0 Å². The number of nitrogens with two attached hydrogens (primary N) is 1. The average Bonchev–Trinajstić information content (AvgIpc) is 2.29. The van der Waals surface area contributed by atoms with Gasteiger partial charge in [-0.3, -0.25) is 4.90 Å². The molecule has 0 aliphatic heterocycles. The van der Waals surface area contributed by atoms with Gasteiger partial charge in [-0.1, -0.05) is 12.1 Å². The Kier molecular flexibility index (Phi) is 4.96. The zero-order valence-electron chi connectivity index (χ0n) is 9.37. The second-order valence-electron chi connectivity index (χ2n) is 3.67. The lowest BCUT2D eigenvalue weighted by atomic mass is 10.1. The highest BCUT2D eigenvalue weighted by molar-refractivity contribution is 5.41. The van der Waals surface area contributed by atoms with Gasteiger partial charge in [0.05, 0.1) is 31.3 Å². The number of anilines is 1. The van der Waals surface area contributed by atoms with Crippen LogP contribution < -0.4 is 5.73 Å². The van der Waals surface area contributed by atoms with E-state index in [1.807, 2.05) is 12.1 Å². The highest BCUT2D eigenvalue weighted by Crippen LogP contribution is 2.16. The summed E-state index contributed by atoms with van der Waals surface area (Å²) in [4.78, 5) is 1.58. The fraction of sp³-hybridized carbons (Fsp3) is 0.333. The van der Waals surface area contributed by atoms with Crippen molar-refractivity contribution in [2.75, 3.05) is 25.4 Å². The number of benzene rings is 1. The maximum Gasteiger partial charge on any atom is 0.0918 e. The second-order valence-corrected chi connectivity index (χ2v) is 3.67. The van der Waals surface area contributed by atoms with Crippen LogP contribution in [0.15, 0.2) is 24.3 Å². The van der Waals surface area contributed by atoms with Gasteiger partial charge in [-0.05, 0) is 17.7 Å². The van der Waals surface area contributed by atoms with E-state index in [4.69, 9.17) is 16.3 Å². The van der Waals surface area contributed by atoms with Crippen molar-refractivity contribution >= 4 is 5.69 Å². The zero-order valence-corrected chi connectivity index (χ0v) is 9.37. The highest BCUT2D eigenvalue weighted by atomic mass is 16.3. The molecule has 5 nitrogen and oxygen atoms in total. The van der Waals surface area contributed by atoms with Crippen LogP contribution in [0.25, 0.3) is 0 Å². The molecule has 0 amide bonds. The second kappa shape index (κ2) is 6.49. The van der Waals surface area contributed by atoms with Gasteiger partial charge in [0, 0.05) is 12.2 Å². The van der Waals surface area contributed by atoms with Crippen LogP contribution in [0.3, 0.4) is 0 Å². The van der Waals surface area contributed by atoms with E-state index in [1.165, 1.54) is 0 Å². The molecule has 0 aromatic heterocycles. The van der Waals surface area contributed by atoms with Crippen molar-refractivity contribution in [2.24, 2.45) is 0 Å². The number of nitriles is 2. The minimum absolute atomic E-state index is 0.118. The summed E-state index contributed by atoms with van der Waals surface area (Å²) >= 11 is 0. The lowest BCUT2D eigenvalue weighted by molar-refractivity contribution is 0.127. The van der Waals surface area contributed by atoms with Crippen molar-refractivity contribution in [1.82, 2.24) is 4.90 Å². The summed E-state index contributed by atoms with van der Waals surface area (Å²) < 4.78 is 0. The molecule has 1 aromatic rings. The fourth-order valence-electron chi connectivity index (χ4n) is 1.50. The molecule has 17 heavy (non-hydrogen) atoms. The van der Waals surface area contributed by atoms with Gasteiger partial charge in [0.25, 0.3) is 0 Å². The first-order valence-corrected chi connectivity index (χ1v) is 5.17. The van der Waals surface area contributed by atoms with Gasteiger partial charge in [-0.15, -0.1) is 0 Å². The summed E-state index contributed by atoms with van der Waals surface area (Å²) in [7, 11) is 0. The monoisotopic (exact) mass is 230 g/mol. The molecule has 0 bridgehead atoms. The van der Waals surface area contributed by atoms with E-state index in [-0.39, 0.29) is 19.6 Å². The van der Waals surface area contributed by atoms with E-state index < -0.39 is 6.10 Å².